The molecule has 17 heavy (non-hydrogen) atoms. The molecule has 88 valence electrons. The topological polar surface area (TPSA) is 93.2 Å². The van der Waals surface area contributed by atoms with Crippen LogP contribution in [0, 0.1) is 0 Å². The summed E-state index contributed by atoms with van der Waals surface area (Å²) in [6, 6.07) is 6.74. The zero-order valence-electron chi connectivity index (χ0n) is 9.01. The first kappa shape index (κ1) is 11.2. The van der Waals surface area contributed by atoms with E-state index in [4.69, 9.17) is 10.3 Å². The van der Waals surface area contributed by atoms with E-state index in [0.29, 0.717) is 23.7 Å². The summed E-state index contributed by atoms with van der Waals surface area (Å²) in [6.07, 6.45) is 3.07. The van der Waals surface area contributed by atoms with Crippen LogP contribution in [-0.2, 0) is 6.54 Å². The molecule has 4 N–H and O–H groups in total. The number of hydrogen-bond acceptors (Lipinski definition) is 5. The van der Waals surface area contributed by atoms with Crippen LogP contribution in [0.2, 0.25) is 0 Å². The highest BCUT2D eigenvalue weighted by molar-refractivity contribution is 5.94. The fourth-order valence-corrected chi connectivity index (χ4v) is 1.33. The first-order valence-electron chi connectivity index (χ1n) is 5.03. The highest BCUT2D eigenvalue weighted by Gasteiger charge is 2.06. The lowest BCUT2D eigenvalue weighted by Crippen LogP contribution is -2.23. The number of nitrogens with zero attached hydrogens (tertiary/aromatic N) is 1. The second-order valence-corrected chi connectivity index (χ2v) is 3.34. The Morgan fingerprint density at radius 2 is 2.35 bits per heavy atom. The molecule has 6 nitrogen and oxygen atoms in total. The van der Waals surface area contributed by atoms with Gasteiger partial charge in [0, 0.05) is 11.8 Å². The number of amides is 1. The molecule has 2 aromatic rings. The van der Waals surface area contributed by atoms with Gasteiger partial charge < -0.3 is 15.2 Å². The van der Waals surface area contributed by atoms with Gasteiger partial charge in [-0.2, -0.15) is 0 Å². The Kier molecular flexibility index (Phi) is 3.37. The number of pyridine rings is 1. The smallest absolute Gasteiger partial charge is 0.251 e. The molecule has 0 aliphatic rings. The van der Waals surface area contributed by atoms with Gasteiger partial charge in [0.05, 0.1) is 12.8 Å². The van der Waals surface area contributed by atoms with Crippen LogP contribution in [0.3, 0.4) is 0 Å². The van der Waals surface area contributed by atoms with Crippen LogP contribution in [0.5, 0.6) is 0 Å². The number of furan rings is 1. The van der Waals surface area contributed by atoms with Crippen molar-refractivity contribution in [2.24, 2.45) is 5.84 Å². The maximum atomic E-state index is 11.8. The third-order valence-corrected chi connectivity index (χ3v) is 2.17. The van der Waals surface area contributed by atoms with Crippen molar-refractivity contribution in [3.05, 3.63) is 48.0 Å². The number of anilines is 1. The summed E-state index contributed by atoms with van der Waals surface area (Å²) in [7, 11) is 0. The van der Waals surface area contributed by atoms with Crippen molar-refractivity contribution in [1.82, 2.24) is 10.3 Å². The number of hydrazine groups is 1. The Labute approximate surface area is 97.8 Å². The summed E-state index contributed by atoms with van der Waals surface area (Å²) in [6.45, 7) is 0.347. The molecule has 2 rings (SSSR count). The normalized spacial score (nSPS) is 9.94. The lowest BCUT2D eigenvalue weighted by Gasteiger charge is -2.04. The molecular weight excluding hydrogens is 220 g/mol. The molecule has 0 aromatic carbocycles. The molecule has 2 aromatic heterocycles. The van der Waals surface area contributed by atoms with E-state index >= 15 is 0 Å². The van der Waals surface area contributed by atoms with Gasteiger partial charge >= 0.3 is 0 Å². The Morgan fingerprint density at radius 3 is 3.06 bits per heavy atom. The van der Waals surface area contributed by atoms with Crippen molar-refractivity contribution in [2.75, 3.05) is 5.43 Å². The van der Waals surface area contributed by atoms with Crippen LogP contribution in [0.4, 0.5) is 5.82 Å². The largest absolute Gasteiger partial charge is 0.467 e. The maximum Gasteiger partial charge on any atom is 0.251 e. The van der Waals surface area contributed by atoms with Gasteiger partial charge in [0.2, 0.25) is 0 Å². The molecule has 6 heteroatoms. The van der Waals surface area contributed by atoms with E-state index in [2.05, 4.69) is 15.7 Å². The maximum absolute atomic E-state index is 11.8. The van der Waals surface area contributed by atoms with Crippen LogP contribution in [0.15, 0.2) is 41.1 Å². The van der Waals surface area contributed by atoms with E-state index in [1.807, 2.05) is 0 Å². The van der Waals surface area contributed by atoms with Gasteiger partial charge in [0.25, 0.3) is 5.91 Å². The van der Waals surface area contributed by atoms with E-state index in [9.17, 15) is 4.79 Å². The van der Waals surface area contributed by atoms with Crippen LogP contribution >= 0.6 is 0 Å². The summed E-state index contributed by atoms with van der Waals surface area (Å²) in [4.78, 5) is 15.7. The Bertz CT molecular complexity index is 496. The second kappa shape index (κ2) is 5.13. The predicted octanol–water partition coefficient (Wildman–Crippen LogP) is 0.890. The van der Waals surface area contributed by atoms with E-state index in [1.54, 1.807) is 30.5 Å². The minimum atomic E-state index is -0.208. The zero-order chi connectivity index (χ0) is 12.1. The zero-order valence-corrected chi connectivity index (χ0v) is 9.01. The first-order valence-corrected chi connectivity index (χ1v) is 5.03. The van der Waals surface area contributed by atoms with E-state index in [-0.39, 0.29) is 5.91 Å². The number of nitrogens with one attached hydrogen (secondary N) is 2. The Balaban J connectivity index is 1.99. The third-order valence-electron chi connectivity index (χ3n) is 2.17. The van der Waals surface area contributed by atoms with Crippen LogP contribution in [0.1, 0.15) is 16.1 Å². The summed E-state index contributed by atoms with van der Waals surface area (Å²) >= 11 is 0. The fraction of sp³-hybridized carbons (Fsp3) is 0.0909. The minimum absolute atomic E-state index is 0.208. The molecule has 0 unspecified atom stereocenters. The van der Waals surface area contributed by atoms with Gasteiger partial charge in [0.1, 0.15) is 11.6 Å². The Morgan fingerprint density at radius 1 is 1.47 bits per heavy atom. The highest BCUT2D eigenvalue weighted by Crippen LogP contribution is 2.06. The highest BCUT2D eigenvalue weighted by atomic mass is 16.3. The first-order chi connectivity index (χ1) is 8.29. The van der Waals surface area contributed by atoms with E-state index < -0.39 is 0 Å². The molecule has 0 radical (unpaired) electrons. The molecular formula is C11H12N4O2. The molecule has 0 atom stereocenters. The lowest BCUT2D eigenvalue weighted by molar-refractivity contribution is 0.0948. The molecule has 0 saturated carbocycles. The Hall–Kier alpha value is -2.34. The quantitative estimate of drug-likeness (QED) is 0.537. The minimum Gasteiger partial charge on any atom is -0.467 e. The van der Waals surface area contributed by atoms with Crippen molar-refractivity contribution in [2.45, 2.75) is 6.54 Å². The SMILES string of the molecule is NNc1cc(C(=O)NCc2ccco2)ccn1. The van der Waals surface area contributed by atoms with E-state index in [1.165, 1.54) is 6.20 Å². The molecule has 0 aliphatic heterocycles. The molecule has 2 heterocycles. The van der Waals surface area contributed by atoms with Crippen molar-refractivity contribution in [1.29, 1.82) is 0 Å². The van der Waals surface area contributed by atoms with Crippen LogP contribution < -0.4 is 16.6 Å². The standard InChI is InChI=1S/C11H12N4O2/c12-15-10-6-8(3-4-13-10)11(16)14-7-9-2-1-5-17-9/h1-6H,7,12H2,(H,13,15)(H,14,16). The number of carbonyl (C=O) groups is 1. The fourth-order valence-electron chi connectivity index (χ4n) is 1.33. The van der Waals surface area contributed by atoms with Gasteiger partial charge in [-0.15, -0.1) is 0 Å². The van der Waals surface area contributed by atoms with Gasteiger partial charge in [-0.05, 0) is 24.3 Å². The van der Waals surface area contributed by atoms with Gasteiger partial charge in [-0.3, -0.25) is 4.79 Å². The van der Waals surface area contributed by atoms with Gasteiger partial charge in [-0.1, -0.05) is 0 Å². The number of carbonyl (C=O) groups excluding carboxylic acids is 1. The summed E-state index contributed by atoms with van der Waals surface area (Å²) in [5.74, 6) is 6.14. The lowest BCUT2D eigenvalue weighted by atomic mass is 10.2. The summed E-state index contributed by atoms with van der Waals surface area (Å²) in [5, 5.41) is 2.72. The molecule has 0 bridgehead atoms. The average molecular weight is 232 g/mol. The second-order valence-electron chi connectivity index (χ2n) is 3.34. The average Bonchev–Trinajstić information content (AvgIpc) is 2.89. The number of aromatic nitrogens is 1. The van der Waals surface area contributed by atoms with Crippen molar-refractivity contribution in [3.8, 4) is 0 Å². The van der Waals surface area contributed by atoms with Crippen molar-refractivity contribution < 1.29 is 9.21 Å². The third kappa shape index (κ3) is 2.82. The number of nitrogen functional groups attached to an aromatic ring is 1. The molecule has 0 aliphatic carbocycles. The van der Waals surface area contributed by atoms with Crippen LogP contribution in [0.25, 0.3) is 0 Å². The van der Waals surface area contributed by atoms with Crippen molar-refractivity contribution in [3.63, 3.8) is 0 Å². The number of hydrogen-bond donors (Lipinski definition) is 3. The predicted molar refractivity (Wildman–Crippen MR) is 61.9 cm³/mol. The monoisotopic (exact) mass is 232 g/mol. The van der Waals surface area contributed by atoms with Gasteiger partial charge in [-0.25, -0.2) is 10.8 Å². The molecule has 0 fully saturated rings. The number of nitrogens with two attached hydrogens (primary N) is 1. The summed E-state index contributed by atoms with van der Waals surface area (Å²) < 4.78 is 5.11. The van der Waals surface area contributed by atoms with Crippen LogP contribution in [-0.4, -0.2) is 10.9 Å². The van der Waals surface area contributed by atoms with Crippen molar-refractivity contribution >= 4 is 11.7 Å². The molecule has 0 spiro atoms. The van der Waals surface area contributed by atoms with Gasteiger partial charge in [0.15, 0.2) is 0 Å². The van der Waals surface area contributed by atoms with E-state index in [0.717, 1.165) is 0 Å². The molecule has 0 saturated heterocycles. The molecule has 1 amide bonds. The summed E-state index contributed by atoms with van der Waals surface area (Å²) in [5.41, 5.74) is 2.87. The number of rotatable bonds is 4.